The molecule has 1 aromatic heterocycles. The maximum Gasteiger partial charge on any atom is 0.343 e. The minimum absolute atomic E-state index is 0.0892. The van der Waals surface area contributed by atoms with Gasteiger partial charge in [-0.3, -0.25) is 9.59 Å². The van der Waals surface area contributed by atoms with E-state index in [9.17, 15) is 14.4 Å². The van der Waals surface area contributed by atoms with Crippen LogP contribution < -0.4 is 10.2 Å². The van der Waals surface area contributed by atoms with Gasteiger partial charge in [0.15, 0.2) is 11.4 Å². The van der Waals surface area contributed by atoms with Gasteiger partial charge in [0.2, 0.25) is 5.43 Å². The van der Waals surface area contributed by atoms with Gasteiger partial charge < -0.3 is 18.9 Å². The molecule has 2 aliphatic rings. The third-order valence-electron chi connectivity index (χ3n) is 6.82. The number of carbonyl (C=O) groups is 2. The van der Waals surface area contributed by atoms with Crippen LogP contribution in [0.3, 0.4) is 0 Å². The molecule has 0 radical (unpaired) electrons. The van der Waals surface area contributed by atoms with Crippen LogP contribution in [0, 0.1) is 11.8 Å². The number of pyridine rings is 1. The zero-order chi connectivity index (χ0) is 22.3. The quantitative estimate of drug-likeness (QED) is 0.690. The average molecular weight is 424 g/mol. The molecule has 0 saturated carbocycles. The van der Waals surface area contributed by atoms with Crippen molar-refractivity contribution in [3.8, 4) is 5.75 Å². The highest BCUT2D eigenvalue weighted by atomic mass is 16.5. The SMILES string of the molecule is CCOC(=O)c1cn2c(c(OCc3ccccc3)c1=O)C(=O)N1CC(C)[C@@H](C)[C@@]1(C)C2. The van der Waals surface area contributed by atoms with Gasteiger partial charge in [0.05, 0.1) is 12.1 Å². The normalized spacial score (nSPS) is 24.5. The Morgan fingerprint density at radius 2 is 1.90 bits per heavy atom. The van der Waals surface area contributed by atoms with Gasteiger partial charge in [-0.25, -0.2) is 4.79 Å². The van der Waals surface area contributed by atoms with Crippen molar-refractivity contribution >= 4 is 11.9 Å². The van der Waals surface area contributed by atoms with E-state index in [-0.39, 0.29) is 42.0 Å². The summed E-state index contributed by atoms with van der Waals surface area (Å²) in [5.74, 6) is -0.438. The highest BCUT2D eigenvalue weighted by Gasteiger charge is 2.53. The minimum atomic E-state index is -0.708. The summed E-state index contributed by atoms with van der Waals surface area (Å²) in [5, 5.41) is 0. The molecule has 4 rings (SSSR count). The van der Waals surface area contributed by atoms with Crippen LogP contribution in [0.15, 0.2) is 41.3 Å². The van der Waals surface area contributed by atoms with Crippen LogP contribution in [0.25, 0.3) is 0 Å². The molecule has 1 saturated heterocycles. The van der Waals surface area contributed by atoms with E-state index < -0.39 is 16.9 Å². The van der Waals surface area contributed by atoms with Gasteiger partial charge in [-0.05, 0) is 31.2 Å². The lowest BCUT2D eigenvalue weighted by atomic mass is 9.82. The van der Waals surface area contributed by atoms with E-state index in [1.807, 2.05) is 35.2 Å². The molecule has 1 unspecified atom stereocenters. The number of hydrogen-bond donors (Lipinski definition) is 0. The van der Waals surface area contributed by atoms with Crippen molar-refractivity contribution in [2.45, 2.75) is 46.4 Å². The molecule has 2 aromatic rings. The summed E-state index contributed by atoms with van der Waals surface area (Å²) in [6, 6.07) is 9.39. The third-order valence-corrected chi connectivity index (χ3v) is 6.82. The molecule has 0 spiro atoms. The molecular formula is C24H28N2O5. The first-order valence-electron chi connectivity index (χ1n) is 10.7. The van der Waals surface area contributed by atoms with Crippen molar-refractivity contribution in [2.75, 3.05) is 13.2 Å². The highest BCUT2D eigenvalue weighted by Crippen LogP contribution is 2.44. The Kier molecular flexibility index (Phi) is 5.37. The van der Waals surface area contributed by atoms with E-state index >= 15 is 0 Å². The molecule has 0 bridgehead atoms. The Labute approximate surface area is 181 Å². The van der Waals surface area contributed by atoms with Gasteiger partial charge in [0.1, 0.15) is 12.2 Å². The van der Waals surface area contributed by atoms with E-state index in [1.54, 1.807) is 11.5 Å². The Balaban J connectivity index is 1.83. The van der Waals surface area contributed by atoms with Crippen LogP contribution >= 0.6 is 0 Å². The maximum atomic E-state index is 13.6. The molecule has 0 aliphatic carbocycles. The monoisotopic (exact) mass is 424 g/mol. The third kappa shape index (κ3) is 3.42. The topological polar surface area (TPSA) is 77.8 Å². The van der Waals surface area contributed by atoms with Gasteiger partial charge >= 0.3 is 5.97 Å². The number of benzene rings is 1. The molecule has 1 aromatic carbocycles. The minimum Gasteiger partial charge on any atom is -0.483 e. The van der Waals surface area contributed by atoms with Crippen molar-refractivity contribution in [2.24, 2.45) is 11.8 Å². The second-order valence-corrected chi connectivity index (χ2v) is 8.71. The number of aromatic nitrogens is 1. The van der Waals surface area contributed by atoms with E-state index in [0.717, 1.165) is 5.56 Å². The van der Waals surface area contributed by atoms with Crippen LogP contribution in [0.2, 0.25) is 0 Å². The first kappa shape index (κ1) is 21.2. The molecular weight excluding hydrogens is 396 g/mol. The summed E-state index contributed by atoms with van der Waals surface area (Å²) in [6.07, 6.45) is 1.46. The molecule has 31 heavy (non-hydrogen) atoms. The van der Waals surface area contributed by atoms with Crippen LogP contribution in [-0.4, -0.2) is 40.0 Å². The summed E-state index contributed by atoms with van der Waals surface area (Å²) in [6.45, 7) is 9.40. The predicted molar refractivity (Wildman–Crippen MR) is 115 cm³/mol. The van der Waals surface area contributed by atoms with Crippen molar-refractivity contribution in [1.29, 1.82) is 0 Å². The standard InChI is InChI=1S/C24H28N2O5/c1-5-30-23(29)18-12-25-14-24(4)16(3)15(2)11-26(24)22(28)19(25)21(20(18)27)31-13-17-9-7-6-8-10-17/h6-10,12,15-16H,5,11,13-14H2,1-4H3/t15?,16-,24-/m1/s1. The van der Waals surface area contributed by atoms with Crippen LogP contribution in [0.1, 0.15) is 54.1 Å². The van der Waals surface area contributed by atoms with E-state index in [1.165, 1.54) is 6.20 Å². The van der Waals surface area contributed by atoms with Gasteiger partial charge in [-0.1, -0.05) is 44.2 Å². The number of rotatable bonds is 5. The number of amides is 1. The number of nitrogens with zero attached hydrogens (tertiary/aromatic N) is 2. The fourth-order valence-corrected chi connectivity index (χ4v) is 4.73. The molecule has 3 heterocycles. The predicted octanol–water partition coefficient (Wildman–Crippen LogP) is 3.10. The Morgan fingerprint density at radius 1 is 1.19 bits per heavy atom. The second kappa shape index (κ2) is 7.87. The molecule has 0 N–H and O–H groups in total. The average Bonchev–Trinajstić information content (AvgIpc) is 2.98. The molecule has 1 fully saturated rings. The fraction of sp³-hybridized carbons (Fsp3) is 0.458. The van der Waals surface area contributed by atoms with Crippen molar-refractivity contribution in [3.05, 3.63) is 63.6 Å². The lowest BCUT2D eigenvalue weighted by molar-refractivity contribution is 0.0410. The number of ether oxygens (including phenoxy) is 2. The first-order chi connectivity index (χ1) is 14.8. The highest BCUT2D eigenvalue weighted by molar-refractivity contribution is 5.98. The lowest BCUT2D eigenvalue weighted by Crippen LogP contribution is -2.56. The van der Waals surface area contributed by atoms with E-state index in [4.69, 9.17) is 9.47 Å². The molecule has 7 heteroatoms. The van der Waals surface area contributed by atoms with E-state index in [0.29, 0.717) is 19.0 Å². The zero-order valence-electron chi connectivity index (χ0n) is 18.4. The Hall–Kier alpha value is -3.09. The summed E-state index contributed by atoms with van der Waals surface area (Å²) >= 11 is 0. The van der Waals surface area contributed by atoms with Gasteiger partial charge in [-0.15, -0.1) is 0 Å². The van der Waals surface area contributed by atoms with Crippen molar-refractivity contribution in [3.63, 3.8) is 0 Å². The molecule has 164 valence electrons. The zero-order valence-corrected chi connectivity index (χ0v) is 18.4. The lowest BCUT2D eigenvalue weighted by Gasteiger charge is -2.44. The van der Waals surface area contributed by atoms with Gasteiger partial charge in [-0.2, -0.15) is 0 Å². The molecule has 2 aliphatic heterocycles. The summed E-state index contributed by atoms with van der Waals surface area (Å²) < 4.78 is 12.7. The Morgan fingerprint density at radius 3 is 2.58 bits per heavy atom. The van der Waals surface area contributed by atoms with Crippen LogP contribution in [0.4, 0.5) is 0 Å². The van der Waals surface area contributed by atoms with Crippen molar-refractivity contribution in [1.82, 2.24) is 9.47 Å². The summed E-state index contributed by atoms with van der Waals surface area (Å²) in [4.78, 5) is 41.1. The number of fused-ring (bicyclic) bond motifs is 2. The van der Waals surface area contributed by atoms with Gasteiger partial charge in [0, 0.05) is 19.3 Å². The largest absolute Gasteiger partial charge is 0.483 e. The van der Waals surface area contributed by atoms with Crippen LogP contribution in [-0.2, 0) is 17.9 Å². The maximum absolute atomic E-state index is 13.6. The van der Waals surface area contributed by atoms with Crippen LogP contribution in [0.5, 0.6) is 5.75 Å². The van der Waals surface area contributed by atoms with Gasteiger partial charge in [0.25, 0.3) is 5.91 Å². The summed E-state index contributed by atoms with van der Waals surface area (Å²) in [7, 11) is 0. The molecule has 1 amide bonds. The Bertz CT molecular complexity index is 1080. The molecule has 3 atom stereocenters. The van der Waals surface area contributed by atoms with Crippen molar-refractivity contribution < 1.29 is 19.1 Å². The number of hydrogen-bond acceptors (Lipinski definition) is 5. The smallest absolute Gasteiger partial charge is 0.343 e. The summed E-state index contributed by atoms with van der Waals surface area (Å²) in [5.41, 5.74) is -0.0668. The second-order valence-electron chi connectivity index (χ2n) is 8.71. The fourth-order valence-electron chi connectivity index (χ4n) is 4.73. The number of carbonyl (C=O) groups excluding carboxylic acids is 2. The van der Waals surface area contributed by atoms with E-state index in [2.05, 4.69) is 20.8 Å². The first-order valence-corrected chi connectivity index (χ1v) is 10.7. The molecule has 7 nitrogen and oxygen atoms in total. The number of esters is 1.